The van der Waals surface area contributed by atoms with E-state index in [1.54, 1.807) is 11.3 Å². The first-order valence-corrected chi connectivity index (χ1v) is 8.87. The lowest BCUT2D eigenvalue weighted by atomic mass is 10.2. The summed E-state index contributed by atoms with van der Waals surface area (Å²) in [6.07, 6.45) is 1.00. The van der Waals surface area contributed by atoms with Crippen LogP contribution in [0.3, 0.4) is 0 Å². The molecule has 2 aromatic heterocycles. The molecule has 0 saturated carbocycles. The number of anilines is 1. The minimum absolute atomic E-state index is 0.800. The molecule has 0 aliphatic carbocycles. The smallest absolute Gasteiger partial charge is 0.133 e. The van der Waals surface area contributed by atoms with Crippen molar-refractivity contribution in [3.8, 4) is 16.3 Å². The predicted octanol–water partition coefficient (Wildman–Crippen LogP) is 4.83. The van der Waals surface area contributed by atoms with Crippen LogP contribution in [-0.2, 0) is 6.42 Å². The van der Waals surface area contributed by atoms with Crippen molar-refractivity contribution >= 4 is 51.3 Å². The van der Waals surface area contributed by atoms with Crippen LogP contribution in [0.25, 0.3) is 16.3 Å². The molecule has 1 aromatic carbocycles. The number of aromatic nitrogens is 2. The zero-order valence-electron chi connectivity index (χ0n) is 10.9. The molecule has 3 aromatic rings. The molecule has 0 unspecified atom stereocenters. The Morgan fingerprint density at radius 2 is 2.00 bits per heavy atom. The summed E-state index contributed by atoms with van der Waals surface area (Å²) in [4.78, 5) is 1.13. The second kappa shape index (κ2) is 5.30. The largest absolute Gasteiger partial charge is 0.369 e. The zero-order valence-corrected chi connectivity index (χ0v) is 14.7. The Hall–Kier alpha value is -1.05. The Morgan fingerprint density at radius 3 is 2.71 bits per heavy atom. The molecule has 0 radical (unpaired) electrons. The zero-order chi connectivity index (χ0) is 14.4. The molecule has 1 aliphatic heterocycles. The third-order valence-corrected chi connectivity index (χ3v) is 5.49. The Balaban J connectivity index is 1.88. The van der Waals surface area contributed by atoms with Crippen LogP contribution in [0.15, 0.2) is 36.4 Å². The second-order valence-corrected chi connectivity index (χ2v) is 7.81. The lowest BCUT2D eigenvalue weighted by Gasteiger charge is -2.06. The van der Waals surface area contributed by atoms with Crippen molar-refractivity contribution in [1.29, 1.82) is 0 Å². The number of halogens is 2. The Kier molecular flexibility index (Phi) is 3.43. The van der Waals surface area contributed by atoms with Crippen molar-refractivity contribution in [3.63, 3.8) is 0 Å². The minimum Gasteiger partial charge on any atom is -0.369 e. The number of hydrogen-bond donors (Lipinski definition) is 1. The molecule has 0 amide bonds. The molecule has 6 heteroatoms. The molecule has 0 saturated heterocycles. The maximum Gasteiger partial charge on any atom is 0.133 e. The first kappa shape index (κ1) is 13.6. The summed E-state index contributed by atoms with van der Waals surface area (Å²) in [6.45, 7) is 0.962. The van der Waals surface area contributed by atoms with Gasteiger partial charge in [-0.15, -0.1) is 11.3 Å². The van der Waals surface area contributed by atoms with Gasteiger partial charge in [-0.3, -0.25) is 0 Å². The summed E-state index contributed by atoms with van der Waals surface area (Å²) in [6, 6.07) is 12.4. The van der Waals surface area contributed by atoms with Gasteiger partial charge in [0.2, 0.25) is 0 Å². The summed E-state index contributed by atoms with van der Waals surface area (Å²) >= 11 is 9.96. The van der Waals surface area contributed by atoms with Gasteiger partial charge in [0.1, 0.15) is 11.5 Å². The van der Waals surface area contributed by atoms with Crippen LogP contribution in [0, 0.1) is 3.57 Å². The van der Waals surface area contributed by atoms with E-state index in [1.165, 1.54) is 9.13 Å². The first-order chi connectivity index (χ1) is 10.2. The summed E-state index contributed by atoms with van der Waals surface area (Å²) in [5.41, 5.74) is 3.41. The van der Waals surface area contributed by atoms with E-state index < -0.39 is 0 Å². The van der Waals surface area contributed by atoms with Gasteiger partial charge in [0.15, 0.2) is 0 Å². The van der Waals surface area contributed by atoms with Crippen LogP contribution in [0.2, 0.25) is 4.34 Å². The number of nitrogens with one attached hydrogen (secondary N) is 1. The molecule has 1 aliphatic rings. The van der Waals surface area contributed by atoms with Crippen LogP contribution in [-0.4, -0.2) is 16.3 Å². The Bertz CT molecular complexity index is 807. The fourth-order valence-electron chi connectivity index (χ4n) is 2.58. The fraction of sp³-hybridized carbons (Fsp3) is 0.133. The Labute approximate surface area is 145 Å². The summed E-state index contributed by atoms with van der Waals surface area (Å²) in [7, 11) is 0. The van der Waals surface area contributed by atoms with Crippen LogP contribution in [0.5, 0.6) is 0 Å². The predicted molar refractivity (Wildman–Crippen MR) is 96.8 cm³/mol. The van der Waals surface area contributed by atoms with Gasteiger partial charge in [-0.1, -0.05) is 11.6 Å². The van der Waals surface area contributed by atoms with Gasteiger partial charge in [0.25, 0.3) is 0 Å². The van der Waals surface area contributed by atoms with Crippen molar-refractivity contribution in [2.75, 3.05) is 11.9 Å². The van der Waals surface area contributed by atoms with Gasteiger partial charge in [0.05, 0.1) is 14.9 Å². The fourth-order valence-corrected chi connectivity index (χ4v) is 4.00. The van der Waals surface area contributed by atoms with Gasteiger partial charge < -0.3 is 5.32 Å². The normalized spacial score (nSPS) is 13.2. The van der Waals surface area contributed by atoms with Crippen LogP contribution in [0.4, 0.5) is 5.82 Å². The number of hydrogen-bond acceptors (Lipinski definition) is 3. The molecule has 0 atom stereocenters. The van der Waals surface area contributed by atoms with Crippen LogP contribution in [0.1, 0.15) is 5.56 Å². The molecule has 0 fully saturated rings. The number of rotatable bonds is 2. The topological polar surface area (TPSA) is 29.9 Å². The third kappa shape index (κ3) is 2.37. The maximum absolute atomic E-state index is 6.07. The molecule has 3 nitrogen and oxygen atoms in total. The van der Waals surface area contributed by atoms with E-state index in [-0.39, 0.29) is 0 Å². The number of nitrogens with zero attached hydrogens (tertiary/aromatic N) is 2. The van der Waals surface area contributed by atoms with E-state index >= 15 is 0 Å². The van der Waals surface area contributed by atoms with Crippen LogP contribution < -0.4 is 5.32 Å². The molecule has 21 heavy (non-hydrogen) atoms. The molecule has 106 valence electrons. The van der Waals surface area contributed by atoms with Crippen molar-refractivity contribution < 1.29 is 0 Å². The van der Waals surface area contributed by atoms with E-state index in [9.17, 15) is 0 Å². The average molecular weight is 428 g/mol. The van der Waals surface area contributed by atoms with E-state index in [0.29, 0.717) is 0 Å². The van der Waals surface area contributed by atoms with Crippen LogP contribution >= 0.6 is 45.5 Å². The van der Waals surface area contributed by atoms with Gasteiger partial charge in [-0.25, -0.2) is 4.68 Å². The number of thiophene rings is 1. The molecular weight excluding hydrogens is 417 g/mol. The van der Waals surface area contributed by atoms with Gasteiger partial charge >= 0.3 is 0 Å². The molecular formula is C15H11ClIN3S. The summed E-state index contributed by atoms with van der Waals surface area (Å²) in [5, 5.41) is 8.27. The number of benzene rings is 1. The van der Waals surface area contributed by atoms with Crippen molar-refractivity contribution in [2.24, 2.45) is 0 Å². The van der Waals surface area contributed by atoms with E-state index in [4.69, 9.17) is 16.7 Å². The Morgan fingerprint density at radius 1 is 1.19 bits per heavy atom. The highest BCUT2D eigenvalue weighted by Crippen LogP contribution is 2.38. The third-order valence-electron chi connectivity index (χ3n) is 3.53. The molecule has 0 spiro atoms. The molecule has 3 heterocycles. The van der Waals surface area contributed by atoms with E-state index in [0.717, 1.165) is 39.4 Å². The van der Waals surface area contributed by atoms with Gasteiger partial charge in [0, 0.05) is 15.7 Å². The highest BCUT2D eigenvalue weighted by molar-refractivity contribution is 14.1. The van der Waals surface area contributed by atoms with Crippen molar-refractivity contribution in [3.05, 3.63) is 49.9 Å². The highest BCUT2D eigenvalue weighted by atomic mass is 127. The monoisotopic (exact) mass is 427 g/mol. The quantitative estimate of drug-likeness (QED) is 0.594. The second-order valence-electron chi connectivity index (χ2n) is 4.84. The summed E-state index contributed by atoms with van der Waals surface area (Å²) in [5.74, 6) is 1.11. The van der Waals surface area contributed by atoms with Crippen molar-refractivity contribution in [2.45, 2.75) is 6.42 Å². The molecule has 0 bridgehead atoms. The average Bonchev–Trinajstić information content (AvgIpc) is 3.15. The standard InChI is InChI=1S/C15H11ClIN3S/c16-13-6-5-12(21-13)14-11-7-8-18-15(11)20(19-14)10-3-1-9(17)2-4-10/h1-6,18H,7-8H2. The van der Waals surface area contributed by atoms with E-state index in [1.807, 2.05) is 16.8 Å². The SMILES string of the molecule is Clc1ccc(-c2nn(-c3ccc(I)cc3)c3c2CCN3)s1. The lowest BCUT2D eigenvalue weighted by Crippen LogP contribution is -2.04. The maximum atomic E-state index is 6.07. The molecule has 1 N–H and O–H groups in total. The van der Waals surface area contributed by atoms with Gasteiger partial charge in [-0.05, 0) is 65.4 Å². The lowest BCUT2D eigenvalue weighted by molar-refractivity contribution is 0.883. The van der Waals surface area contributed by atoms with Crippen molar-refractivity contribution in [1.82, 2.24) is 9.78 Å². The first-order valence-electron chi connectivity index (χ1n) is 6.60. The van der Waals surface area contributed by atoms with E-state index in [2.05, 4.69) is 52.2 Å². The minimum atomic E-state index is 0.800. The number of fused-ring (bicyclic) bond motifs is 1. The van der Waals surface area contributed by atoms with Gasteiger partial charge in [-0.2, -0.15) is 5.10 Å². The molecule has 4 rings (SSSR count). The summed E-state index contributed by atoms with van der Waals surface area (Å²) < 4.78 is 4.02. The highest BCUT2D eigenvalue weighted by Gasteiger charge is 2.24.